The Hall–Kier alpha value is -1.38. The van der Waals surface area contributed by atoms with Crippen LogP contribution in [-0.2, 0) is 9.59 Å². The van der Waals surface area contributed by atoms with Gasteiger partial charge in [-0.05, 0) is 499 Å². The van der Waals surface area contributed by atoms with Crippen LogP contribution in [0.3, 0.4) is 0 Å². The number of fused-ring (bicyclic) bond motifs is 25. The van der Waals surface area contributed by atoms with Crippen molar-refractivity contribution in [3.05, 3.63) is 0 Å². The molecule has 10 N–H and O–H groups in total. The number of hydrogen-bond donors (Lipinski definition) is 10. The van der Waals surface area contributed by atoms with Crippen LogP contribution in [0.15, 0.2) is 0 Å². The first-order valence-corrected chi connectivity index (χ1v) is 62.8. The van der Waals surface area contributed by atoms with E-state index in [0.29, 0.717) is 206 Å². The van der Waals surface area contributed by atoms with Crippen LogP contribution < -0.4 is 0 Å². The molecule has 0 aromatic heterocycles. The molecule has 0 heterocycles. The average Bonchev–Trinajstić information content (AvgIpc) is 1.63. The fourth-order valence-electron chi connectivity index (χ4n) is 47.9. The average molecular weight is 1970 g/mol. The summed E-state index contributed by atoms with van der Waals surface area (Å²) in [7, 11) is 0. The normalized spacial score (nSPS) is 51.5. The van der Waals surface area contributed by atoms with Crippen LogP contribution in [0.2, 0.25) is 0 Å². The Morgan fingerprint density at radius 3 is 0.610 bits per heavy atom. The second-order valence-electron chi connectivity index (χ2n) is 58.7. The van der Waals surface area contributed by atoms with Gasteiger partial charge in [-0.2, -0.15) is 0 Å². The summed E-state index contributed by atoms with van der Waals surface area (Å²) in [5.41, 5.74) is 4.00. The minimum atomic E-state index is -0.662. The summed E-state index contributed by atoms with van der Waals surface area (Å²) in [6.45, 7) is 50.1. The lowest BCUT2D eigenvalue weighted by Crippen LogP contribution is -2.61. The number of aliphatic carboxylic acids is 2. The smallest absolute Gasteiger partial charge is 0.303 e. The van der Waals surface area contributed by atoms with Gasteiger partial charge in [-0.3, -0.25) is 9.59 Å². The van der Waals surface area contributed by atoms with Crippen molar-refractivity contribution >= 4 is 11.9 Å². The van der Waals surface area contributed by atoms with Crippen molar-refractivity contribution in [2.24, 2.45) is 261 Å². The van der Waals surface area contributed by atoms with E-state index in [0.717, 1.165) is 154 Å². The Kier molecular flexibility index (Phi) is 35.8. The van der Waals surface area contributed by atoms with E-state index in [-0.39, 0.29) is 47.3 Å². The third-order valence-electron chi connectivity index (χ3n) is 54.2. The summed E-state index contributed by atoms with van der Waals surface area (Å²) < 4.78 is 0. The molecule has 15 unspecified atom stereocenters. The molecule has 20 rings (SSSR count). The number of carbonyl (C=O) groups is 2. The molecule has 0 aliphatic heterocycles. The quantitative estimate of drug-likeness (QED) is 0.0435. The molecular weight excluding hydrogens is 1740 g/mol. The van der Waals surface area contributed by atoms with Gasteiger partial charge in [-0.15, -0.1) is 0 Å². The van der Waals surface area contributed by atoms with Crippen LogP contribution in [0, 0.1) is 261 Å². The first-order valence-electron chi connectivity index (χ1n) is 62.8. The topological polar surface area (TPSA) is 236 Å². The molecule has 20 saturated carbocycles. The summed E-state index contributed by atoms with van der Waals surface area (Å²) in [6, 6.07) is 0. The fourth-order valence-corrected chi connectivity index (χ4v) is 47.9. The van der Waals surface area contributed by atoms with Crippen molar-refractivity contribution in [3.63, 3.8) is 0 Å². The Balaban J connectivity index is 0.000000127. The van der Waals surface area contributed by atoms with Crippen LogP contribution in [0.5, 0.6) is 0 Å². The predicted octanol–water partition coefficient (Wildman–Crippen LogP) is 30.0. The molecule has 0 saturated heterocycles. The lowest BCUT2D eigenvalue weighted by Gasteiger charge is -2.64. The highest BCUT2D eigenvalue weighted by atomic mass is 16.4. The Bertz CT molecular complexity index is 3790. The molecule has 50 atom stereocenters. The Labute approximate surface area is 864 Å². The van der Waals surface area contributed by atoms with E-state index in [1.165, 1.54) is 250 Å². The molecule has 0 amide bonds. The number of aliphatic hydroxyl groups is 8. The number of hydrogen-bond acceptors (Lipinski definition) is 10. The third-order valence-corrected chi connectivity index (χ3v) is 54.2. The molecule has 0 aromatic rings. The van der Waals surface area contributed by atoms with Gasteiger partial charge in [-0.25, -0.2) is 0 Å². The molecule has 812 valence electrons. The molecule has 12 heteroatoms. The zero-order valence-corrected chi connectivity index (χ0v) is 94.7. The van der Waals surface area contributed by atoms with Gasteiger partial charge in [0.05, 0.1) is 30.5 Å². The zero-order valence-electron chi connectivity index (χ0n) is 94.7. The van der Waals surface area contributed by atoms with Gasteiger partial charge >= 0.3 is 11.9 Å². The lowest BCUT2D eigenvalue weighted by atomic mass is 9.41. The van der Waals surface area contributed by atoms with E-state index in [1.54, 1.807) is 0 Å². The molecule has 0 bridgehead atoms. The number of aliphatic hydroxyl groups excluding tert-OH is 8. The fraction of sp³-hybridized carbons (Fsp3) is 0.984. The summed E-state index contributed by atoms with van der Waals surface area (Å²) in [5.74, 6) is 20.7. The van der Waals surface area contributed by atoms with Crippen LogP contribution >= 0.6 is 0 Å². The minimum Gasteiger partial charge on any atom is -0.481 e. The first kappa shape index (κ1) is 112. The largest absolute Gasteiger partial charge is 0.481 e. The Morgan fingerprint density at radius 2 is 0.426 bits per heavy atom. The van der Waals surface area contributed by atoms with E-state index in [2.05, 4.69) is 138 Å². The second-order valence-corrected chi connectivity index (χ2v) is 58.7. The molecule has 20 aliphatic carbocycles. The Morgan fingerprint density at radius 1 is 0.234 bits per heavy atom. The SMILES string of the molecule is CC[C@@H]1[C@@H](O)C2C3CC[C@H]([C@H](C)CCCO)[C@@]3(C)CCC2[C@@]2(C)CCCC[C@@H]12.CC[C@@H]1[C@H](O)C2C3CC[C@H]([C@H](C)CCCO)[C@@]3(C)CCC2[C@@]2(C)CCCC[C@@H]12.CC[C@H]1[C@@H](O)C2C3CC[C@H]([C@H](C)CC(=O)O)[C@@]3(C)CCC2[C@@]2(C)CCCC[C@@H]12.CC[C@H]1[C@@H](O)C2C3CC[C@H]([C@H](C)CCC(=O)O)[C@@]3(C)CCC2[C@@]2(C)CCCC[C@@H]12.CC[C@H]1[C@H](O)C2C3CC[C@H]([C@H](C)CCCO)[C@@]3(C)CCC2[C@@]2(C)CCCC[C@@H]12. The van der Waals surface area contributed by atoms with Gasteiger partial charge in [-0.1, -0.05) is 235 Å². The number of rotatable bonds is 24. The maximum atomic E-state index is 11.7. The maximum Gasteiger partial charge on any atom is 0.303 e. The summed E-state index contributed by atoms with van der Waals surface area (Å²) >= 11 is 0. The van der Waals surface area contributed by atoms with Gasteiger partial charge < -0.3 is 51.1 Å². The molecule has 20 aliphatic rings. The monoisotopic (exact) mass is 1970 g/mol. The second kappa shape index (κ2) is 45.0. The molecular formula is C129H224O12. The molecule has 0 spiro atoms. The van der Waals surface area contributed by atoms with Crippen molar-refractivity contribution in [2.75, 3.05) is 19.8 Å². The van der Waals surface area contributed by atoms with Crippen molar-refractivity contribution in [1.82, 2.24) is 0 Å². The van der Waals surface area contributed by atoms with E-state index < -0.39 is 11.9 Å². The molecule has 0 radical (unpaired) electrons. The first-order chi connectivity index (χ1) is 67.1. The van der Waals surface area contributed by atoms with Gasteiger partial charge in [0.15, 0.2) is 0 Å². The lowest BCUT2D eigenvalue weighted by molar-refractivity contribution is -0.194. The molecule has 141 heavy (non-hydrogen) atoms. The van der Waals surface area contributed by atoms with Crippen molar-refractivity contribution in [1.29, 1.82) is 0 Å². The molecule has 0 aromatic carbocycles. The minimum absolute atomic E-state index is 0.0673. The highest BCUT2D eigenvalue weighted by molar-refractivity contribution is 5.67. The number of carboxylic acid groups (broad SMARTS) is 2. The van der Waals surface area contributed by atoms with E-state index in [9.17, 15) is 55.5 Å². The summed E-state index contributed by atoms with van der Waals surface area (Å²) in [6.07, 6.45) is 66.5. The molecule has 20 fully saturated rings. The van der Waals surface area contributed by atoms with Crippen LogP contribution in [0.25, 0.3) is 0 Å². The van der Waals surface area contributed by atoms with Crippen molar-refractivity contribution < 1.29 is 60.7 Å². The standard InChI is InChI=1S/C26H44O3.3C26H46O2.C25H42O3/c1-5-17-19-8-6-7-14-25(19,3)21-13-15-26(4)18(16(2)9-12-22(27)28)10-11-20(26)23(21)24(17)29;3*1-5-18-20-10-6-7-14-25(20,3)22-13-15-26(4)19(17(2)9-8-16-27)11-12-21(26)23(22)24(18)28;1-5-16-18-8-6-7-12-24(18,3)20-11-13-25(4)17(15(2)14-21(26)27)9-10-19(25)22(20)23(16)28/h16-21,23-24,29H,5-15H2,1-4H3,(H,27,28);3*17-24,27-28H,5-16H2,1-4H3;15-20,22-23,28H,5-14H2,1-4H3,(H,26,27)/t16-,17-,18-,19+,20?,21?,23?,24-,25+,26-;17-,18+,19-,20+,21?,22?,23?,24+,25+,26-;17-,18+,19-,20+,21?,22?,23?,24-,25+,26-;17-,18-,19-,20+,21?,22?,23?,24+,25+,26-;15-,16-,17-,18+,19?,20?,22?,23-,24+,25-/m11111/s1. The maximum absolute atomic E-state index is 11.7. The van der Waals surface area contributed by atoms with Gasteiger partial charge in [0.25, 0.3) is 0 Å². The number of carboxylic acids is 2. The van der Waals surface area contributed by atoms with Gasteiger partial charge in [0.2, 0.25) is 0 Å². The third kappa shape index (κ3) is 19.5. The van der Waals surface area contributed by atoms with Crippen molar-refractivity contribution in [3.8, 4) is 0 Å². The van der Waals surface area contributed by atoms with Gasteiger partial charge in [0, 0.05) is 32.7 Å². The van der Waals surface area contributed by atoms with Crippen LogP contribution in [-0.4, -0.2) is 113 Å². The van der Waals surface area contributed by atoms with E-state index >= 15 is 0 Å². The van der Waals surface area contributed by atoms with E-state index in [1.807, 2.05) is 0 Å². The van der Waals surface area contributed by atoms with E-state index in [4.69, 9.17) is 5.11 Å². The van der Waals surface area contributed by atoms with Crippen LogP contribution in [0.4, 0.5) is 0 Å². The predicted molar refractivity (Wildman–Crippen MR) is 576 cm³/mol. The zero-order chi connectivity index (χ0) is 102. The summed E-state index contributed by atoms with van der Waals surface area (Å²) in [5, 5.41) is 105. The summed E-state index contributed by atoms with van der Waals surface area (Å²) in [4.78, 5) is 22.5. The molecule has 12 nitrogen and oxygen atoms in total. The van der Waals surface area contributed by atoms with Gasteiger partial charge in [0.1, 0.15) is 0 Å². The highest BCUT2D eigenvalue weighted by Crippen LogP contribution is 2.78. The van der Waals surface area contributed by atoms with Crippen LogP contribution in [0.1, 0.15) is 485 Å². The highest BCUT2D eigenvalue weighted by Gasteiger charge is 2.72. The van der Waals surface area contributed by atoms with Crippen molar-refractivity contribution in [2.45, 2.75) is 516 Å².